The number of carbonyl (C=O) groups is 1. The number of aromatic nitrogens is 4. The first-order valence-electron chi connectivity index (χ1n) is 15.5. The maximum Gasteiger partial charge on any atom is 0.429 e. The number of rotatable bonds is 8. The Balaban J connectivity index is 1.30. The zero-order chi connectivity index (χ0) is 34.2. The highest BCUT2D eigenvalue weighted by Gasteiger charge is 2.46. The van der Waals surface area contributed by atoms with Crippen molar-refractivity contribution in [2.75, 3.05) is 36.9 Å². The van der Waals surface area contributed by atoms with Gasteiger partial charge in [0.1, 0.15) is 11.9 Å². The number of carbonyl (C=O) groups excluding carboxylic acids is 1. The van der Waals surface area contributed by atoms with E-state index in [4.69, 9.17) is 15.2 Å². The lowest BCUT2D eigenvalue weighted by Crippen LogP contribution is -2.41. The van der Waals surface area contributed by atoms with Gasteiger partial charge in [0.2, 0.25) is 17.9 Å². The number of ether oxygens (including phenoxy) is 2. The maximum atomic E-state index is 14.9. The van der Waals surface area contributed by atoms with E-state index in [1.807, 2.05) is 4.90 Å². The van der Waals surface area contributed by atoms with Gasteiger partial charge in [-0.2, -0.15) is 28.2 Å². The van der Waals surface area contributed by atoms with Crippen LogP contribution in [0.15, 0.2) is 54.7 Å². The van der Waals surface area contributed by atoms with Crippen LogP contribution in [0.2, 0.25) is 0 Å². The molecule has 0 amide bonds. The van der Waals surface area contributed by atoms with Gasteiger partial charge in [0.25, 0.3) is 0 Å². The highest BCUT2D eigenvalue weighted by atomic mass is 19.4. The fourth-order valence-electron chi connectivity index (χ4n) is 6.38. The van der Waals surface area contributed by atoms with E-state index in [-0.39, 0.29) is 45.8 Å². The van der Waals surface area contributed by atoms with Crippen molar-refractivity contribution in [2.24, 2.45) is 5.41 Å². The minimum atomic E-state index is -4.95. The van der Waals surface area contributed by atoms with E-state index in [0.29, 0.717) is 57.0 Å². The molecular formula is C33H34F5N7O3. The van der Waals surface area contributed by atoms with E-state index in [1.165, 1.54) is 41.2 Å². The first-order chi connectivity index (χ1) is 22.8. The molecular weight excluding hydrogens is 637 g/mol. The van der Waals surface area contributed by atoms with Crippen LogP contribution in [0.5, 0.6) is 5.88 Å². The first-order valence-corrected chi connectivity index (χ1v) is 15.5. The number of aryl methyl sites for hydroxylation is 1. The topological polar surface area (TPSA) is 120 Å². The SMILES string of the molecule is CCOC(=O)[C@@H]1CC2(CCN(c3cc(O[C@H](c4cc(-c5ccc(F)c(F)c5)ccc4-n4ccc(C)n4)C(F)(F)F)nc(N)n3)CC2)CN1. The molecule has 0 saturated carbocycles. The molecule has 3 N–H and O–H groups in total. The molecule has 4 heterocycles. The van der Waals surface area contributed by atoms with E-state index < -0.39 is 29.8 Å². The first kappa shape index (κ1) is 33.1. The second-order valence-electron chi connectivity index (χ2n) is 12.1. The summed E-state index contributed by atoms with van der Waals surface area (Å²) >= 11 is 0. The Kier molecular flexibility index (Phi) is 8.98. The van der Waals surface area contributed by atoms with Crippen LogP contribution in [-0.4, -0.2) is 64.2 Å². The Morgan fingerprint density at radius 3 is 2.46 bits per heavy atom. The van der Waals surface area contributed by atoms with Crippen molar-refractivity contribution in [3.63, 3.8) is 0 Å². The van der Waals surface area contributed by atoms with Crippen molar-refractivity contribution >= 4 is 17.7 Å². The van der Waals surface area contributed by atoms with Crippen LogP contribution in [0.3, 0.4) is 0 Å². The predicted octanol–water partition coefficient (Wildman–Crippen LogP) is 5.69. The summed E-state index contributed by atoms with van der Waals surface area (Å²) < 4.78 is 84.6. The van der Waals surface area contributed by atoms with Gasteiger partial charge < -0.3 is 25.4 Å². The third-order valence-corrected chi connectivity index (χ3v) is 8.85. The number of anilines is 2. The molecule has 0 radical (unpaired) electrons. The Morgan fingerprint density at radius 2 is 1.79 bits per heavy atom. The molecule has 2 aromatic heterocycles. The number of hydrogen-bond acceptors (Lipinski definition) is 9. The van der Waals surface area contributed by atoms with Gasteiger partial charge in [0, 0.05) is 37.5 Å². The molecule has 254 valence electrons. The Hall–Kier alpha value is -4.79. The molecule has 1 spiro atoms. The number of hydrogen-bond donors (Lipinski definition) is 2. The zero-order valence-electron chi connectivity index (χ0n) is 26.2. The van der Waals surface area contributed by atoms with Crippen molar-refractivity contribution in [3.05, 3.63) is 77.6 Å². The maximum absolute atomic E-state index is 14.9. The molecule has 10 nitrogen and oxygen atoms in total. The van der Waals surface area contributed by atoms with Crippen LogP contribution in [-0.2, 0) is 9.53 Å². The van der Waals surface area contributed by atoms with Gasteiger partial charge >= 0.3 is 12.1 Å². The molecule has 4 aromatic rings. The Bertz CT molecular complexity index is 1810. The quantitative estimate of drug-likeness (QED) is 0.180. The molecule has 48 heavy (non-hydrogen) atoms. The molecule has 2 aromatic carbocycles. The number of nitrogens with zero attached hydrogens (tertiary/aromatic N) is 5. The molecule has 2 aliphatic heterocycles. The highest BCUT2D eigenvalue weighted by molar-refractivity contribution is 5.76. The molecule has 2 saturated heterocycles. The number of nitrogen functional groups attached to an aromatic ring is 1. The number of nitrogens with two attached hydrogens (primary N) is 1. The summed E-state index contributed by atoms with van der Waals surface area (Å²) in [4.78, 5) is 22.4. The monoisotopic (exact) mass is 671 g/mol. The zero-order valence-corrected chi connectivity index (χ0v) is 26.2. The number of esters is 1. The Labute approximate surface area is 273 Å². The third kappa shape index (κ3) is 6.91. The molecule has 0 aliphatic carbocycles. The molecule has 2 fully saturated rings. The van der Waals surface area contributed by atoms with Gasteiger partial charge in [0.05, 0.1) is 18.0 Å². The standard InChI is InChI=1S/C33H34F5N7O3/c1-3-47-30(46)25-17-32(18-40-25)9-12-44(13-10-32)27-16-28(42-31(39)41-27)48-29(33(36,37)38)22-14-20(21-4-6-23(34)24(35)15-21)5-7-26(22)45-11-8-19(2)43-45/h4-8,11,14-16,25,29,40H,3,9-10,12-13,17-18H2,1-2H3,(H2,39,41,42)/t25-,29+/m0/s1. The van der Waals surface area contributed by atoms with Crippen LogP contribution in [0.4, 0.5) is 33.7 Å². The van der Waals surface area contributed by atoms with Gasteiger partial charge in [-0.1, -0.05) is 12.1 Å². The summed E-state index contributed by atoms with van der Waals surface area (Å²) in [6.07, 6.45) is -3.94. The largest absolute Gasteiger partial charge is 0.465 e. The van der Waals surface area contributed by atoms with E-state index in [9.17, 15) is 26.7 Å². The van der Waals surface area contributed by atoms with Crippen LogP contribution >= 0.6 is 0 Å². The average molecular weight is 672 g/mol. The molecule has 2 atom stereocenters. The third-order valence-electron chi connectivity index (χ3n) is 8.85. The molecule has 0 bridgehead atoms. The van der Waals surface area contributed by atoms with Crippen molar-refractivity contribution in [3.8, 4) is 22.7 Å². The van der Waals surface area contributed by atoms with E-state index in [1.54, 1.807) is 19.9 Å². The summed E-state index contributed by atoms with van der Waals surface area (Å²) in [5.74, 6) is -2.86. The van der Waals surface area contributed by atoms with Crippen molar-refractivity contribution in [1.29, 1.82) is 0 Å². The van der Waals surface area contributed by atoms with E-state index in [2.05, 4.69) is 20.4 Å². The van der Waals surface area contributed by atoms with E-state index in [0.717, 1.165) is 12.1 Å². The molecule has 6 rings (SSSR count). The summed E-state index contributed by atoms with van der Waals surface area (Å²) in [6, 6.07) is 9.79. The Morgan fingerprint density at radius 1 is 1.06 bits per heavy atom. The molecule has 15 heteroatoms. The van der Waals surface area contributed by atoms with Crippen LogP contribution in [0.1, 0.15) is 43.5 Å². The lowest BCUT2D eigenvalue weighted by atomic mass is 9.76. The van der Waals surface area contributed by atoms with Crippen molar-refractivity contribution < 1.29 is 36.2 Å². The number of alkyl halides is 3. The fraction of sp³-hybridized carbons (Fsp3) is 0.394. The number of benzene rings is 2. The summed E-state index contributed by atoms with van der Waals surface area (Å²) in [7, 11) is 0. The van der Waals surface area contributed by atoms with Gasteiger partial charge in [-0.05, 0) is 80.0 Å². The summed E-state index contributed by atoms with van der Waals surface area (Å²) in [5.41, 5.74) is 6.52. The van der Waals surface area contributed by atoms with Gasteiger partial charge in [-0.25, -0.2) is 13.5 Å². The molecule has 0 unspecified atom stereocenters. The minimum absolute atomic E-state index is 0.0617. The number of piperidine rings is 1. The van der Waals surface area contributed by atoms with Crippen molar-refractivity contribution in [1.82, 2.24) is 25.1 Å². The predicted molar refractivity (Wildman–Crippen MR) is 166 cm³/mol. The van der Waals surface area contributed by atoms with Gasteiger partial charge in [0.15, 0.2) is 11.6 Å². The lowest BCUT2D eigenvalue weighted by Gasteiger charge is -2.39. The smallest absolute Gasteiger partial charge is 0.429 e. The number of nitrogens with one attached hydrogen (secondary N) is 1. The van der Waals surface area contributed by atoms with Crippen LogP contribution in [0, 0.1) is 24.0 Å². The van der Waals surface area contributed by atoms with Crippen LogP contribution in [0.25, 0.3) is 16.8 Å². The highest BCUT2D eigenvalue weighted by Crippen LogP contribution is 2.43. The number of halogens is 5. The summed E-state index contributed by atoms with van der Waals surface area (Å²) in [6.45, 7) is 5.45. The fourth-order valence-corrected chi connectivity index (χ4v) is 6.38. The van der Waals surface area contributed by atoms with Gasteiger partial charge in [-0.3, -0.25) is 4.79 Å². The lowest BCUT2D eigenvalue weighted by molar-refractivity contribution is -0.198. The van der Waals surface area contributed by atoms with Crippen LogP contribution < -0.4 is 20.7 Å². The molecule has 2 aliphatic rings. The van der Waals surface area contributed by atoms with Crippen molar-refractivity contribution in [2.45, 2.75) is 51.4 Å². The average Bonchev–Trinajstić information content (AvgIpc) is 3.67. The van der Waals surface area contributed by atoms with Gasteiger partial charge in [-0.15, -0.1) is 0 Å². The van der Waals surface area contributed by atoms with E-state index >= 15 is 0 Å². The normalized spacial score (nSPS) is 18.2. The second-order valence-corrected chi connectivity index (χ2v) is 12.1. The summed E-state index contributed by atoms with van der Waals surface area (Å²) in [5, 5.41) is 7.54. The minimum Gasteiger partial charge on any atom is -0.465 e. The second kappa shape index (κ2) is 13.0.